The van der Waals surface area contributed by atoms with Gasteiger partial charge in [0.25, 0.3) is 0 Å². The normalized spacial score (nSPS) is 22.5. The molecule has 0 spiro atoms. The molecule has 0 radical (unpaired) electrons. The van der Waals surface area contributed by atoms with Gasteiger partial charge < -0.3 is 19.9 Å². The molecule has 1 saturated carbocycles. The van der Waals surface area contributed by atoms with E-state index in [4.69, 9.17) is 9.47 Å². The van der Waals surface area contributed by atoms with Crippen LogP contribution in [-0.2, 0) is 6.54 Å². The molecule has 5 nitrogen and oxygen atoms in total. The predicted octanol–water partition coefficient (Wildman–Crippen LogP) is 1.35. The highest BCUT2D eigenvalue weighted by molar-refractivity contribution is 5.42. The van der Waals surface area contributed by atoms with Crippen molar-refractivity contribution in [1.82, 2.24) is 10.3 Å². The van der Waals surface area contributed by atoms with E-state index in [0.29, 0.717) is 24.0 Å². The predicted molar refractivity (Wildman–Crippen MR) is 72.4 cm³/mol. The summed E-state index contributed by atoms with van der Waals surface area (Å²) in [6.07, 6.45) is 4.52. The minimum Gasteiger partial charge on any atom is -0.493 e. The second-order valence-corrected chi connectivity index (χ2v) is 4.96. The zero-order valence-electron chi connectivity index (χ0n) is 11.6. The van der Waals surface area contributed by atoms with Gasteiger partial charge in [-0.05, 0) is 31.7 Å². The Morgan fingerprint density at radius 1 is 1.37 bits per heavy atom. The van der Waals surface area contributed by atoms with Crippen LogP contribution in [0.3, 0.4) is 0 Å². The van der Waals surface area contributed by atoms with Crippen molar-refractivity contribution < 1.29 is 14.6 Å². The van der Waals surface area contributed by atoms with E-state index in [1.165, 1.54) is 0 Å². The van der Waals surface area contributed by atoms with Crippen LogP contribution in [0.4, 0.5) is 0 Å². The Bertz CT molecular complexity index is 412. The molecule has 2 unspecified atom stereocenters. The maximum absolute atomic E-state index is 9.49. The van der Waals surface area contributed by atoms with E-state index in [2.05, 4.69) is 10.3 Å². The minimum absolute atomic E-state index is 0.115. The monoisotopic (exact) mass is 266 g/mol. The van der Waals surface area contributed by atoms with E-state index >= 15 is 0 Å². The molecule has 1 aromatic heterocycles. The number of pyridine rings is 1. The molecule has 106 valence electrons. The number of methoxy groups -OCH3 is 2. The van der Waals surface area contributed by atoms with E-state index < -0.39 is 0 Å². The number of aromatic nitrogens is 1. The molecule has 1 aliphatic carbocycles. The van der Waals surface area contributed by atoms with Crippen molar-refractivity contribution >= 4 is 0 Å². The highest BCUT2D eigenvalue weighted by Gasteiger charge is 2.22. The molecule has 0 aliphatic heterocycles. The first-order valence-electron chi connectivity index (χ1n) is 6.69. The molecule has 5 heteroatoms. The Morgan fingerprint density at radius 2 is 2.21 bits per heavy atom. The summed E-state index contributed by atoms with van der Waals surface area (Å²) in [5, 5.41) is 12.9. The molecular weight excluding hydrogens is 244 g/mol. The van der Waals surface area contributed by atoms with E-state index in [0.717, 1.165) is 31.5 Å². The first-order valence-corrected chi connectivity index (χ1v) is 6.69. The quantitative estimate of drug-likeness (QED) is 0.813. The van der Waals surface area contributed by atoms with Crippen LogP contribution in [0.1, 0.15) is 25.0 Å². The van der Waals surface area contributed by atoms with Crippen molar-refractivity contribution in [2.45, 2.75) is 31.9 Å². The Morgan fingerprint density at radius 3 is 2.84 bits per heavy atom. The van der Waals surface area contributed by atoms with E-state index in [1.807, 2.05) is 0 Å². The van der Waals surface area contributed by atoms with Gasteiger partial charge in [0.05, 0.1) is 26.0 Å². The van der Waals surface area contributed by atoms with Crippen molar-refractivity contribution in [2.75, 3.05) is 20.8 Å². The fourth-order valence-corrected chi connectivity index (χ4v) is 2.61. The van der Waals surface area contributed by atoms with Crippen LogP contribution in [-0.4, -0.2) is 37.0 Å². The second kappa shape index (κ2) is 6.73. The first-order chi connectivity index (χ1) is 9.24. The fourth-order valence-electron chi connectivity index (χ4n) is 2.61. The lowest BCUT2D eigenvalue weighted by atomic mass is 10.1. The van der Waals surface area contributed by atoms with Gasteiger partial charge in [0.2, 0.25) is 0 Å². The molecule has 0 amide bonds. The lowest BCUT2D eigenvalue weighted by Gasteiger charge is -2.14. The van der Waals surface area contributed by atoms with Crippen molar-refractivity contribution in [3.05, 3.63) is 18.0 Å². The van der Waals surface area contributed by atoms with Crippen LogP contribution < -0.4 is 14.8 Å². The van der Waals surface area contributed by atoms with Crippen LogP contribution in [0, 0.1) is 5.92 Å². The second-order valence-electron chi connectivity index (χ2n) is 4.96. The zero-order valence-corrected chi connectivity index (χ0v) is 11.6. The van der Waals surface area contributed by atoms with Gasteiger partial charge in [-0.15, -0.1) is 0 Å². The number of ether oxygens (including phenoxy) is 2. The third kappa shape index (κ3) is 3.58. The lowest BCUT2D eigenvalue weighted by Crippen LogP contribution is -2.22. The number of aliphatic hydroxyl groups is 1. The number of aliphatic hydroxyl groups excluding tert-OH is 1. The average Bonchev–Trinajstić information content (AvgIpc) is 2.84. The zero-order chi connectivity index (χ0) is 13.7. The molecule has 19 heavy (non-hydrogen) atoms. The lowest BCUT2D eigenvalue weighted by molar-refractivity contribution is 0.177. The molecule has 1 aliphatic rings. The topological polar surface area (TPSA) is 63.6 Å². The van der Waals surface area contributed by atoms with Crippen LogP contribution in [0.2, 0.25) is 0 Å². The van der Waals surface area contributed by atoms with Gasteiger partial charge in [0, 0.05) is 18.8 Å². The molecule has 2 N–H and O–H groups in total. The standard InChI is InChI=1S/C14H22N2O3/c1-18-13-5-6-16-12(14(13)19-2)9-15-8-10-3-4-11(17)7-10/h5-6,10-11,15,17H,3-4,7-9H2,1-2H3. The summed E-state index contributed by atoms with van der Waals surface area (Å²) in [4.78, 5) is 4.32. The van der Waals surface area contributed by atoms with E-state index in [1.54, 1.807) is 26.5 Å². The number of nitrogens with zero attached hydrogens (tertiary/aromatic N) is 1. The summed E-state index contributed by atoms with van der Waals surface area (Å²) in [5.41, 5.74) is 0.848. The summed E-state index contributed by atoms with van der Waals surface area (Å²) in [5.74, 6) is 1.95. The number of rotatable bonds is 6. The molecule has 1 heterocycles. The average molecular weight is 266 g/mol. The summed E-state index contributed by atoms with van der Waals surface area (Å²) in [6, 6.07) is 1.79. The van der Waals surface area contributed by atoms with Crippen molar-refractivity contribution in [1.29, 1.82) is 0 Å². The number of hydrogen-bond donors (Lipinski definition) is 2. The van der Waals surface area contributed by atoms with E-state index in [-0.39, 0.29) is 6.10 Å². The summed E-state index contributed by atoms with van der Waals surface area (Å²) >= 11 is 0. The van der Waals surface area contributed by atoms with Gasteiger partial charge in [0.1, 0.15) is 0 Å². The fraction of sp³-hybridized carbons (Fsp3) is 0.643. The van der Waals surface area contributed by atoms with Crippen LogP contribution in [0.15, 0.2) is 12.3 Å². The van der Waals surface area contributed by atoms with Gasteiger partial charge >= 0.3 is 0 Å². The van der Waals surface area contributed by atoms with Gasteiger partial charge in [-0.2, -0.15) is 0 Å². The maximum Gasteiger partial charge on any atom is 0.183 e. The highest BCUT2D eigenvalue weighted by atomic mass is 16.5. The number of hydrogen-bond acceptors (Lipinski definition) is 5. The molecule has 0 aromatic carbocycles. The molecule has 0 saturated heterocycles. The largest absolute Gasteiger partial charge is 0.493 e. The summed E-state index contributed by atoms with van der Waals surface area (Å²) in [6.45, 7) is 1.55. The van der Waals surface area contributed by atoms with Crippen molar-refractivity contribution in [3.8, 4) is 11.5 Å². The van der Waals surface area contributed by atoms with Crippen molar-refractivity contribution in [3.63, 3.8) is 0 Å². The van der Waals surface area contributed by atoms with Gasteiger partial charge in [-0.1, -0.05) is 0 Å². The molecule has 1 aromatic rings. The van der Waals surface area contributed by atoms with Crippen LogP contribution in [0.5, 0.6) is 11.5 Å². The van der Waals surface area contributed by atoms with Crippen LogP contribution in [0.25, 0.3) is 0 Å². The van der Waals surface area contributed by atoms with Gasteiger partial charge in [-0.25, -0.2) is 0 Å². The summed E-state index contributed by atoms with van der Waals surface area (Å²) < 4.78 is 10.6. The molecule has 0 bridgehead atoms. The third-order valence-corrected chi connectivity index (χ3v) is 3.61. The molecular formula is C14H22N2O3. The third-order valence-electron chi connectivity index (χ3n) is 3.61. The summed E-state index contributed by atoms with van der Waals surface area (Å²) in [7, 11) is 3.24. The van der Waals surface area contributed by atoms with Gasteiger partial charge in [-0.3, -0.25) is 4.98 Å². The SMILES string of the molecule is COc1ccnc(CNCC2CCC(O)C2)c1OC. The van der Waals surface area contributed by atoms with E-state index in [9.17, 15) is 5.11 Å². The Balaban J connectivity index is 1.88. The van der Waals surface area contributed by atoms with Gasteiger partial charge in [0.15, 0.2) is 11.5 Å². The van der Waals surface area contributed by atoms with Crippen molar-refractivity contribution in [2.24, 2.45) is 5.92 Å². The molecule has 2 rings (SSSR count). The minimum atomic E-state index is -0.115. The smallest absolute Gasteiger partial charge is 0.183 e. The maximum atomic E-state index is 9.49. The number of nitrogens with one attached hydrogen (secondary N) is 1. The molecule has 1 fully saturated rings. The Labute approximate surface area is 114 Å². The molecule has 2 atom stereocenters. The highest BCUT2D eigenvalue weighted by Crippen LogP contribution is 2.29. The van der Waals surface area contributed by atoms with Crippen LogP contribution >= 0.6 is 0 Å². The Kier molecular flexibility index (Phi) is 4.99. The first kappa shape index (κ1) is 14.1. The Hall–Kier alpha value is -1.33.